The normalized spacial score (nSPS) is 10.5. The zero-order valence-corrected chi connectivity index (χ0v) is 13.8. The molecule has 0 radical (unpaired) electrons. The molecule has 0 fully saturated rings. The Bertz CT molecular complexity index is 508. The van der Waals surface area contributed by atoms with Crippen molar-refractivity contribution in [3.8, 4) is 11.5 Å². The first kappa shape index (κ1) is 17.9. The summed E-state index contributed by atoms with van der Waals surface area (Å²) >= 11 is 12.0. The van der Waals surface area contributed by atoms with E-state index in [0.717, 1.165) is 12.8 Å². The number of halogens is 2. The van der Waals surface area contributed by atoms with Gasteiger partial charge in [0.25, 0.3) is 5.91 Å². The third-order valence-corrected chi connectivity index (χ3v) is 3.67. The Balaban J connectivity index is 2.95. The van der Waals surface area contributed by atoms with E-state index in [2.05, 4.69) is 0 Å². The zero-order valence-electron chi connectivity index (χ0n) is 12.3. The number of ether oxygens (including phenoxy) is 2. The van der Waals surface area contributed by atoms with Crippen LogP contribution in [0.15, 0.2) is 6.07 Å². The van der Waals surface area contributed by atoms with E-state index in [1.165, 1.54) is 18.1 Å². The minimum absolute atomic E-state index is 0.0648. The molecule has 0 saturated heterocycles. The molecule has 0 spiro atoms. The first-order chi connectivity index (χ1) is 9.93. The largest absolute Gasteiger partial charge is 0.506 e. The maximum absolute atomic E-state index is 12.5. The second-order valence-electron chi connectivity index (χ2n) is 4.53. The van der Waals surface area contributed by atoms with Gasteiger partial charge in [-0.15, -0.1) is 0 Å². The van der Waals surface area contributed by atoms with Crippen LogP contribution in [0.2, 0.25) is 10.0 Å². The highest BCUT2D eigenvalue weighted by Gasteiger charge is 2.25. The van der Waals surface area contributed by atoms with E-state index in [9.17, 15) is 9.90 Å². The number of benzene rings is 1. The molecule has 0 bridgehead atoms. The maximum Gasteiger partial charge on any atom is 0.259 e. The molecule has 0 saturated carbocycles. The van der Waals surface area contributed by atoms with Gasteiger partial charge in [-0.1, -0.05) is 23.2 Å². The minimum Gasteiger partial charge on any atom is -0.506 e. The highest BCUT2D eigenvalue weighted by atomic mass is 35.5. The number of phenolic OH excluding ortho intramolecular Hbond substituents is 1. The molecule has 1 N–H and O–H groups in total. The molecule has 0 aromatic heterocycles. The van der Waals surface area contributed by atoms with Crippen molar-refractivity contribution < 1.29 is 19.4 Å². The van der Waals surface area contributed by atoms with Crippen molar-refractivity contribution >= 4 is 29.1 Å². The molecule has 21 heavy (non-hydrogen) atoms. The number of amides is 1. The SMILES string of the molecule is COCCCCN(C)C(=O)c1c(Cl)c(O)cc(Cl)c1OC. The van der Waals surface area contributed by atoms with Crippen molar-refractivity contribution in [3.63, 3.8) is 0 Å². The second-order valence-corrected chi connectivity index (χ2v) is 5.31. The van der Waals surface area contributed by atoms with Crippen LogP contribution < -0.4 is 4.74 Å². The van der Waals surface area contributed by atoms with Crippen LogP contribution >= 0.6 is 23.2 Å². The third-order valence-electron chi connectivity index (χ3n) is 3.01. The van der Waals surface area contributed by atoms with E-state index in [-0.39, 0.29) is 33.0 Å². The van der Waals surface area contributed by atoms with E-state index < -0.39 is 0 Å². The van der Waals surface area contributed by atoms with Crippen LogP contribution in [0, 0.1) is 0 Å². The topological polar surface area (TPSA) is 59.0 Å². The predicted octanol–water partition coefficient (Wildman–Crippen LogP) is 3.21. The second kappa shape index (κ2) is 8.32. The van der Waals surface area contributed by atoms with Gasteiger partial charge in [0.2, 0.25) is 0 Å². The fourth-order valence-electron chi connectivity index (χ4n) is 1.87. The molecule has 5 nitrogen and oxygen atoms in total. The van der Waals surface area contributed by atoms with E-state index in [0.29, 0.717) is 13.2 Å². The molecule has 0 aliphatic rings. The van der Waals surface area contributed by atoms with Crippen molar-refractivity contribution in [1.29, 1.82) is 0 Å². The summed E-state index contributed by atoms with van der Waals surface area (Å²) in [5.74, 6) is -0.445. The number of unbranched alkanes of at least 4 members (excludes halogenated alkanes) is 1. The molecule has 1 amide bonds. The molecule has 118 valence electrons. The number of carbonyl (C=O) groups is 1. The molecule has 0 aliphatic carbocycles. The number of phenols is 1. The van der Waals surface area contributed by atoms with Gasteiger partial charge in [-0.25, -0.2) is 0 Å². The van der Waals surface area contributed by atoms with Crippen molar-refractivity contribution in [3.05, 3.63) is 21.7 Å². The average Bonchev–Trinajstić information content (AvgIpc) is 2.46. The molecule has 1 aromatic rings. The van der Waals surface area contributed by atoms with E-state index in [4.69, 9.17) is 32.7 Å². The maximum atomic E-state index is 12.5. The van der Waals surface area contributed by atoms with Gasteiger partial charge in [0.15, 0.2) is 5.75 Å². The summed E-state index contributed by atoms with van der Waals surface area (Å²) in [7, 11) is 4.68. The number of rotatable bonds is 7. The van der Waals surface area contributed by atoms with Crippen LogP contribution in [0.25, 0.3) is 0 Å². The van der Waals surface area contributed by atoms with Crippen molar-refractivity contribution in [2.75, 3.05) is 34.4 Å². The van der Waals surface area contributed by atoms with Gasteiger partial charge in [-0.05, 0) is 12.8 Å². The lowest BCUT2D eigenvalue weighted by Gasteiger charge is -2.20. The Morgan fingerprint density at radius 2 is 2.00 bits per heavy atom. The van der Waals surface area contributed by atoms with Crippen LogP contribution in [-0.2, 0) is 4.74 Å². The number of hydrogen-bond donors (Lipinski definition) is 1. The lowest BCUT2D eigenvalue weighted by atomic mass is 10.1. The van der Waals surface area contributed by atoms with Crippen LogP contribution in [0.3, 0.4) is 0 Å². The van der Waals surface area contributed by atoms with Gasteiger partial charge in [-0.3, -0.25) is 4.79 Å². The Kier molecular flexibility index (Phi) is 7.08. The van der Waals surface area contributed by atoms with Crippen molar-refractivity contribution in [1.82, 2.24) is 4.90 Å². The molecule has 7 heteroatoms. The molecular formula is C14H19Cl2NO4. The van der Waals surface area contributed by atoms with E-state index >= 15 is 0 Å². The highest BCUT2D eigenvalue weighted by molar-refractivity contribution is 6.38. The van der Waals surface area contributed by atoms with E-state index in [1.54, 1.807) is 14.2 Å². The standard InChI is InChI=1S/C14H19Cl2NO4/c1-17(6-4-5-7-20-2)14(19)11-12(16)10(18)8-9(15)13(11)21-3/h8,18H,4-7H2,1-3H3. The lowest BCUT2D eigenvalue weighted by molar-refractivity contribution is 0.0785. The first-order valence-corrected chi connectivity index (χ1v) is 7.19. The van der Waals surface area contributed by atoms with Crippen LogP contribution in [-0.4, -0.2) is 50.3 Å². The fourth-order valence-corrected chi connectivity index (χ4v) is 2.37. The van der Waals surface area contributed by atoms with Gasteiger partial charge < -0.3 is 19.5 Å². The van der Waals surface area contributed by atoms with Gasteiger partial charge >= 0.3 is 0 Å². The van der Waals surface area contributed by atoms with Crippen LogP contribution in [0.5, 0.6) is 11.5 Å². The minimum atomic E-state index is -0.355. The Morgan fingerprint density at radius 1 is 1.33 bits per heavy atom. The summed E-state index contributed by atoms with van der Waals surface area (Å²) in [5.41, 5.74) is 0.0680. The third kappa shape index (κ3) is 4.40. The first-order valence-electron chi connectivity index (χ1n) is 6.43. The van der Waals surface area contributed by atoms with Crippen LogP contribution in [0.4, 0.5) is 0 Å². The Labute approximate surface area is 134 Å². The molecule has 0 aliphatic heterocycles. The number of nitrogens with zero attached hydrogens (tertiary/aromatic N) is 1. The molecule has 0 heterocycles. The Morgan fingerprint density at radius 3 is 2.57 bits per heavy atom. The molecule has 1 rings (SSSR count). The monoisotopic (exact) mass is 335 g/mol. The number of methoxy groups -OCH3 is 2. The quantitative estimate of drug-likeness (QED) is 0.777. The Hall–Kier alpha value is -1.17. The molecule has 0 atom stereocenters. The lowest BCUT2D eigenvalue weighted by Crippen LogP contribution is -2.28. The summed E-state index contributed by atoms with van der Waals surface area (Å²) in [4.78, 5) is 14.0. The number of hydrogen-bond acceptors (Lipinski definition) is 4. The van der Waals surface area contributed by atoms with Gasteiger partial charge in [0.1, 0.15) is 11.3 Å². The predicted molar refractivity (Wildman–Crippen MR) is 82.7 cm³/mol. The molecular weight excluding hydrogens is 317 g/mol. The van der Waals surface area contributed by atoms with Gasteiger partial charge in [0.05, 0.1) is 17.2 Å². The molecule has 0 unspecified atom stereocenters. The number of carbonyl (C=O) groups excluding carboxylic acids is 1. The van der Waals surface area contributed by atoms with E-state index in [1.807, 2.05) is 0 Å². The van der Waals surface area contributed by atoms with Gasteiger partial charge in [0, 0.05) is 33.4 Å². The molecule has 1 aromatic carbocycles. The summed E-state index contributed by atoms with van der Waals surface area (Å²) in [6.45, 7) is 1.18. The number of aromatic hydroxyl groups is 1. The van der Waals surface area contributed by atoms with Crippen molar-refractivity contribution in [2.45, 2.75) is 12.8 Å². The summed E-state index contributed by atoms with van der Waals surface area (Å²) in [6, 6.07) is 1.25. The van der Waals surface area contributed by atoms with Crippen LogP contribution in [0.1, 0.15) is 23.2 Å². The smallest absolute Gasteiger partial charge is 0.259 e. The average molecular weight is 336 g/mol. The summed E-state index contributed by atoms with van der Waals surface area (Å²) in [5, 5.41) is 9.79. The van der Waals surface area contributed by atoms with Crippen molar-refractivity contribution in [2.24, 2.45) is 0 Å². The highest BCUT2D eigenvalue weighted by Crippen LogP contribution is 2.40. The summed E-state index contributed by atoms with van der Waals surface area (Å²) in [6.07, 6.45) is 1.64. The summed E-state index contributed by atoms with van der Waals surface area (Å²) < 4.78 is 10.1. The zero-order chi connectivity index (χ0) is 16.0. The fraction of sp³-hybridized carbons (Fsp3) is 0.500. The van der Waals surface area contributed by atoms with Gasteiger partial charge in [-0.2, -0.15) is 0 Å².